The van der Waals surface area contributed by atoms with Gasteiger partial charge in [0, 0.05) is 42.7 Å². The third-order valence-corrected chi connectivity index (χ3v) is 5.67. The van der Waals surface area contributed by atoms with E-state index in [1.54, 1.807) is 11.3 Å². The fourth-order valence-electron chi connectivity index (χ4n) is 3.54. The van der Waals surface area contributed by atoms with E-state index in [-0.39, 0.29) is 5.92 Å². The van der Waals surface area contributed by atoms with Gasteiger partial charge < -0.3 is 11.1 Å². The van der Waals surface area contributed by atoms with Crippen LogP contribution < -0.4 is 11.1 Å². The second-order valence-electron chi connectivity index (χ2n) is 6.56. The molecule has 6 heteroatoms. The van der Waals surface area contributed by atoms with Crippen LogP contribution in [0.15, 0.2) is 6.20 Å². The van der Waals surface area contributed by atoms with Gasteiger partial charge in [-0.05, 0) is 25.7 Å². The minimum absolute atomic E-state index is 0.270. The molecule has 0 unspecified atom stereocenters. The number of amides is 1. The van der Waals surface area contributed by atoms with Crippen molar-refractivity contribution in [3.05, 3.63) is 11.1 Å². The molecule has 0 bridgehead atoms. The van der Waals surface area contributed by atoms with Gasteiger partial charge >= 0.3 is 0 Å². The Morgan fingerprint density at radius 3 is 2.64 bits per heavy atom. The fourth-order valence-corrected chi connectivity index (χ4v) is 4.26. The monoisotopic (exact) mass is 322 g/mol. The van der Waals surface area contributed by atoms with E-state index in [2.05, 4.69) is 15.2 Å². The number of nitrogens with zero attached hydrogens (tertiary/aromatic N) is 2. The predicted octanol–water partition coefficient (Wildman–Crippen LogP) is 2.39. The van der Waals surface area contributed by atoms with Crippen LogP contribution >= 0.6 is 11.3 Å². The molecule has 1 amide bonds. The first-order valence-corrected chi connectivity index (χ1v) is 9.25. The fraction of sp³-hybridized carbons (Fsp3) is 0.750. The van der Waals surface area contributed by atoms with Gasteiger partial charge in [0.15, 0.2) is 5.13 Å². The second kappa shape index (κ2) is 7.42. The molecule has 1 aliphatic heterocycles. The van der Waals surface area contributed by atoms with Gasteiger partial charge in [0.1, 0.15) is 0 Å². The van der Waals surface area contributed by atoms with Crippen molar-refractivity contribution in [2.75, 3.05) is 18.8 Å². The van der Waals surface area contributed by atoms with E-state index < -0.39 is 0 Å². The molecule has 2 fully saturated rings. The number of aromatic nitrogens is 1. The lowest BCUT2D eigenvalue weighted by atomic mass is 9.88. The minimum atomic E-state index is 0.270. The lowest BCUT2D eigenvalue weighted by Crippen LogP contribution is -2.46. The smallest absolute Gasteiger partial charge is 0.223 e. The van der Waals surface area contributed by atoms with Crippen molar-refractivity contribution in [2.24, 2.45) is 5.92 Å². The van der Waals surface area contributed by atoms with Crippen LogP contribution in [0.1, 0.15) is 49.8 Å². The number of anilines is 1. The molecule has 1 saturated carbocycles. The molecule has 1 aliphatic carbocycles. The van der Waals surface area contributed by atoms with Gasteiger partial charge in [0.2, 0.25) is 5.91 Å². The summed E-state index contributed by atoms with van der Waals surface area (Å²) in [6.45, 7) is 3.00. The number of thiazole rings is 1. The molecule has 1 saturated heterocycles. The van der Waals surface area contributed by atoms with E-state index in [0.717, 1.165) is 45.3 Å². The van der Waals surface area contributed by atoms with Crippen molar-refractivity contribution in [1.29, 1.82) is 0 Å². The molecule has 0 radical (unpaired) electrons. The van der Waals surface area contributed by atoms with Crippen LogP contribution in [-0.2, 0) is 11.3 Å². The third kappa shape index (κ3) is 4.20. The number of hydrogen-bond donors (Lipinski definition) is 2. The Hall–Kier alpha value is -1.14. The third-order valence-electron chi connectivity index (χ3n) is 4.86. The minimum Gasteiger partial charge on any atom is -0.375 e. The highest BCUT2D eigenvalue weighted by Gasteiger charge is 2.25. The van der Waals surface area contributed by atoms with Crippen molar-refractivity contribution in [2.45, 2.75) is 57.5 Å². The maximum absolute atomic E-state index is 12.3. The summed E-state index contributed by atoms with van der Waals surface area (Å²) in [5.41, 5.74) is 5.67. The van der Waals surface area contributed by atoms with Crippen molar-refractivity contribution in [3.63, 3.8) is 0 Å². The Labute approximate surface area is 136 Å². The van der Waals surface area contributed by atoms with Crippen LogP contribution in [0.5, 0.6) is 0 Å². The van der Waals surface area contributed by atoms with E-state index in [1.807, 2.05) is 6.20 Å². The first-order valence-electron chi connectivity index (χ1n) is 8.43. The Balaban J connectivity index is 1.40. The molecule has 22 heavy (non-hydrogen) atoms. The molecular weight excluding hydrogens is 296 g/mol. The number of nitrogens with one attached hydrogen (secondary N) is 1. The first kappa shape index (κ1) is 15.7. The van der Waals surface area contributed by atoms with Gasteiger partial charge in [-0.25, -0.2) is 4.98 Å². The summed E-state index contributed by atoms with van der Waals surface area (Å²) in [7, 11) is 0. The van der Waals surface area contributed by atoms with Crippen molar-refractivity contribution < 1.29 is 4.79 Å². The van der Waals surface area contributed by atoms with Gasteiger partial charge in [0.25, 0.3) is 0 Å². The lowest BCUT2D eigenvalue weighted by molar-refractivity contribution is -0.127. The first-order chi connectivity index (χ1) is 10.7. The SMILES string of the molecule is Nc1ncc(CN2CCC(NC(=O)C3CCCCC3)CC2)s1. The maximum Gasteiger partial charge on any atom is 0.223 e. The molecule has 5 nitrogen and oxygen atoms in total. The van der Waals surface area contributed by atoms with Crippen LogP contribution in [0, 0.1) is 5.92 Å². The van der Waals surface area contributed by atoms with E-state index in [9.17, 15) is 4.79 Å². The van der Waals surface area contributed by atoms with Gasteiger partial charge in [-0.1, -0.05) is 19.3 Å². The van der Waals surface area contributed by atoms with E-state index in [0.29, 0.717) is 17.1 Å². The van der Waals surface area contributed by atoms with Crippen LogP contribution in [0.25, 0.3) is 0 Å². The Morgan fingerprint density at radius 1 is 1.27 bits per heavy atom. The van der Waals surface area contributed by atoms with Crippen LogP contribution in [-0.4, -0.2) is 34.9 Å². The number of nitrogens with two attached hydrogens (primary N) is 1. The van der Waals surface area contributed by atoms with Gasteiger partial charge in [-0.15, -0.1) is 11.3 Å². The van der Waals surface area contributed by atoms with E-state index in [1.165, 1.54) is 24.1 Å². The zero-order valence-electron chi connectivity index (χ0n) is 13.1. The molecule has 1 aromatic heterocycles. The number of hydrogen-bond acceptors (Lipinski definition) is 5. The Bertz CT molecular complexity index is 490. The largest absolute Gasteiger partial charge is 0.375 e. The number of piperidine rings is 1. The van der Waals surface area contributed by atoms with Crippen molar-refractivity contribution in [3.8, 4) is 0 Å². The predicted molar refractivity (Wildman–Crippen MR) is 89.5 cm³/mol. The average Bonchev–Trinajstić information content (AvgIpc) is 2.95. The summed E-state index contributed by atoms with van der Waals surface area (Å²) in [5, 5.41) is 3.92. The molecule has 2 heterocycles. The van der Waals surface area contributed by atoms with Crippen LogP contribution in [0.2, 0.25) is 0 Å². The molecule has 3 N–H and O–H groups in total. The summed E-state index contributed by atoms with van der Waals surface area (Å²) >= 11 is 1.57. The normalized spacial score (nSPS) is 21.8. The topological polar surface area (TPSA) is 71.2 Å². The lowest BCUT2D eigenvalue weighted by Gasteiger charge is -2.33. The highest BCUT2D eigenvalue weighted by atomic mass is 32.1. The number of carbonyl (C=O) groups is 1. The molecule has 0 spiro atoms. The second-order valence-corrected chi connectivity index (χ2v) is 7.71. The summed E-state index contributed by atoms with van der Waals surface area (Å²) in [4.78, 5) is 20.0. The Kier molecular flexibility index (Phi) is 5.31. The number of rotatable bonds is 4. The summed E-state index contributed by atoms with van der Waals surface area (Å²) < 4.78 is 0. The molecular formula is C16H26N4OS. The average molecular weight is 322 g/mol. The maximum atomic E-state index is 12.3. The summed E-state index contributed by atoms with van der Waals surface area (Å²) in [5.74, 6) is 0.570. The Morgan fingerprint density at radius 2 is 2.00 bits per heavy atom. The molecule has 2 aliphatic rings. The van der Waals surface area contributed by atoms with Crippen molar-refractivity contribution in [1.82, 2.24) is 15.2 Å². The molecule has 0 atom stereocenters. The van der Waals surface area contributed by atoms with E-state index >= 15 is 0 Å². The van der Waals surface area contributed by atoms with Gasteiger partial charge in [-0.2, -0.15) is 0 Å². The zero-order valence-corrected chi connectivity index (χ0v) is 13.9. The van der Waals surface area contributed by atoms with Gasteiger partial charge in [-0.3, -0.25) is 9.69 Å². The number of carbonyl (C=O) groups excluding carboxylic acids is 1. The number of nitrogen functional groups attached to an aromatic ring is 1. The highest BCUT2D eigenvalue weighted by molar-refractivity contribution is 7.15. The van der Waals surface area contributed by atoms with Crippen molar-refractivity contribution >= 4 is 22.4 Å². The highest BCUT2D eigenvalue weighted by Crippen LogP contribution is 2.24. The standard InChI is InChI=1S/C16H26N4OS/c17-16-18-10-14(22-16)11-20-8-6-13(7-9-20)19-15(21)12-4-2-1-3-5-12/h10,12-13H,1-9,11H2,(H2,17,18)(H,19,21). The van der Waals surface area contributed by atoms with E-state index in [4.69, 9.17) is 5.73 Å². The number of likely N-dealkylation sites (tertiary alicyclic amines) is 1. The molecule has 1 aromatic rings. The molecule has 0 aromatic carbocycles. The van der Waals surface area contributed by atoms with Crippen LogP contribution in [0.4, 0.5) is 5.13 Å². The van der Waals surface area contributed by atoms with Gasteiger partial charge in [0.05, 0.1) is 0 Å². The molecule has 122 valence electrons. The molecule has 3 rings (SSSR count). The van der Waals surface area contributed by atoms with Crippen LogP contribution in [0.3, 0.4) is 0 Å². The summed E-state index contributed by atoms with van der Waals surface area (Å²) in [6.07, 6.45) is 9.86. The zero-order chi connectivity index (χ0) is 15.4. The quantitative estimate of drug-likeness (QED) is 0.893. The summed E-state index contributed by atoms with van der Waals surface area (Å²) in [6, 6.07) is 0.359.